The van der Waals surface area contributed by atoms with Gasteiger partial charge in [0.15, 0.2) is 0 Å². The van der Waals surface area contributed by atoms with Gasteiger partial charge in [-0.2, -0.15) is 0 Å². The fraction of sp³-hybridized carbons (Fsp3) is 0.680. The van der Waals surface area contributed by atoms with Gasteiger partial charge in [-0.3, -0.25) is 19.2 Å². The van der Waals surface area contributed by atoms with E-state index in [-0.39, 0.29) is 36.4 Å². The molecule has 0 aromatic carbocycles. The lowest BCUT2D eigenvalue weighted by Crippen LogP contribution is -2.41. The van der Waals surface area contributed by atoms with Gasteiger partial charge in [-0.1, -0.05) is 32.1 Å². The Bertz CT molecular complexity index is 914. The van der Waals surface area contributed by atoms with Crippen molar-refractivity contribution in [1.29, 1.82) is 0 Å². The number of pyridine rings is 1. The van der Waals surface area contributed by atoms with Gasteiger partial charge < -0.3 is 24.3 Å². The molecule has 0 spiro atoms. The second kappa shape index (κ2) is 12.7. The third-order valence-electron chi connectivity index (χ3n) is 6.45. The standard InChI is InChI=1S/C25H37N3O6/c1-3-33-22(29)17-27(2)25(32)21-16-28(14-19-12-9-13-34-19)15-20(23(21)30)24(31)26-18-10-7-5-4-6-8-11-18/h15-16,18-19H,3-14,17H2,1-2H3,(H,26,31). The molecule has 1 aliphatic carbocycles. The van der Waals surface area contributed by atoms with Crippen molar-refractivity contribution in [2.45, 2.75) is 83.4 Å². The lowest BCUT2D eigenvalue weighted by Gasteiger charge is -2.22. The summed E-state index contributed by atoms with van der Waals surface area (Å²) >= 11 is 0. The zero-order chi connectivity index (χ0) is 24.5. The minimum Gasteiger partial charge on any atom is -0.465 e. The van der Waals surface area contributed by atoms with Crippen molar-refractivity contribution >= 4 is 17.8 Å². The normalized spacial score (nSPS) is 19.2. The molecule has 1 atom stereocenters. The highest BCUT2D eigenvalue weighted by atomic mass is 16.5. The number of rotatable bonds is 8. The molecule has 2 fully saturated rings. The van der Waals surface area contributed by atoms with Gasteiger partial charge in [0.2, 0.25) is 5.43 Å². The molecule has 2 aliphatic rings. The van der Waals surface area contributed by atoms with Crippen molar-refractivity contribution < 1.29 is 23.9 Å². The molecule has 1 aromatic heterocycles. The smallest absolute Gasteiger partial charge is 0.325 e. The largest absolute Gasteiger partial charge is 0.465 e. The van der Waals surface area contributed by atoms with Gasteiger partial charge in [-0.15, -0.1) is 0 Å². The van der Waals surface area contributed by atoms with Crippen LogP contribution in [0.5, 0.6) is 0 Å². The van der Waals surface area contributed by atoms with Crippen molar-refractivity contribution in [2.24, 2.45) is 0 Å². The summed E-state index contributed by atoms with van der Waals surface area (Å²) in [6.07, 6.45) is 12.2. The number of likely N-dealkylation sites (N-methyl/N-ethyl adjacent to an activating group) is 1. The van der Waals surface area contributed by atoms with Crippen LogP contribution >= 0.6 is 0 Å². The Morgan fingerprint density at radius 2 is 1.74 bits per heavy atom. The maximum Gasteiger partial charge on any atom is 0.325 e. The molecule has 9 nitrogen and oxygen atoms in total. The van der Waals surface area contributed by atoms with Gasteiger partial charge >= 0.3 is 5.97 Å². The van der Waals surface area contributed by atoms with Crippen molar-refractivity contribution in [1.82, 2.24) is 14.8 Å². The summed E-state index contributed by atoms with van der Waals surface area (Å²) < 4.78 is 12.3. The first kappa shape index (κ1) is 25.9. The van der Waals surface area contributed by atoms with Crippen molar-refractivity contribution in [2.75, 3.05) is 26.8 Å². The number of hydrogen-bond acceptors (Lipinski definition) is 6. The molecule has 1 saturated carbocycles. The average Bonchev–Trinajstić information content (AvgIpc) is 3.29. The van der Waals surface area contributed by atoms with E-state index in [4.69, 9.17) is 9.47 Å². The number of nitrogens with zero attached hydrogens (tertiary/aromatic N) is 2. The SMILES string of the molecule is CCOC(=O)CN(C)C(=O)c1cn(CC2CCCO2)cc(C(=O)NC2CCCCCCC2)c1=O. The van der Waals surface area contributed by atoms with Gasteiger partial charge in [-0.25, -0.2) is 0 Å². The zero-order valence-corrected chi connectivity index (χ0v) is 20.3. The Morgan fingerprint density at radius 3 is 2.38 bits per heavy atom. The molecular formula is C25H37N3O6. The van der Waals surface area contributed by atoms with Crippen LogP contribution in [-0.4, -0.2) is 66.2 Å². The summed E-state index contributed by atoms with van der Waals surface area (Å²) in [5.74, 6) is -1.64. The predicted octanol–water partition coefficient (Wildman–Crippen LogP) is 2.51. The molecule has 1 unspecified atom stereocenters. The molecule has 2 heterocycles. The maximum atomic E-state index is 13.3. The molecule has 0 radical (unpaired) electrons. The molecule has 2 amide bonds. The van der Waals surface area contributed by atoms with E-state index in [0.717, 1.165) is 56.3 Å². The maximum absolute atomic E-state index is 13.3. The quantitative estimate of drug-likeness (QED) is 0.579. The molecule has 0 bridgehead atoms. The Morgan fingerprint density at radius 1 is 1.06 bits per heavy atom. The highest BCUT2D eigenvalue weighted by Crippen LogP contribution is 2.18. The monoisotopic (exact) mass is 475 g/mol. The number of aromatic nitrogens is 1. The molecule has 1 saturated heterocycles. The lowest BCUT2D eigenvalue weighted by molar-refractivity contribution is -0.143. The fourth-order valence-electron chi connectivity index (χ4n) is 4.62. The first-order valence-electron chi connectivity index (χ1n) is 12.5. The molecule has 188 valence electrons. The second-order valence-corrected chi connectivity index (χ2v) is 9.23. The molecular weight excluding hydrogens is 438 g/mol. The van der Waals surface area contributed by atoms with Crippen LogP contribution in [-0.2, 0) is 20.8 Å². The van der Waals surface area contributed by atoms with E-state index in [1.54, 1.807) is 11.5 Å². The third-order valence-corrected chi connectivity index (χ3v) is 6.45. The van der Waals surface area contributed by atoms with Crippen LogP contribution < -0.4 is 10.7 Å². The van der Waals surface area contributed by atoms with Crippen LogP contribution in [0.2, 0.25) is 0 Å². The summed E-state index contributed by atoms with van der Waals surface area (Å²) in [6.45, 7) is 2.71. The van der Waals surface area contributed by atoms with Crippen molar-refractivity contribution in [3.05, 3.63) is 33.7 Å². The van der Waals surface area contributed by atoms with E-state index in [1.165, 1.54) is 25.9 Å². The van der Waals surface area contributed by atoms with E-state index in [2.05, 4.69) is 5.32 Å². The van der Waals surface area contributed by atoms with Gasteiger partial charge in [0.05, 0.1) is 12.7 Å². The number of carbonyl (C=O) groups is 3. The molecule has 1 aliphatic heterocycles. The van der Waals surface area contributed by atoms with Crippen molar-refractivity contribution in [3.63, 3.8) is 0 Å². The summed E-state index contributed by atoms with van der Waals surface area (Å²) in [4.78, 5) is 52.5. The molecule has 1 N–H and O–H groups in total. The minimum absolute atomic E-state index is 0.0182. The van der Waals surface area contributed by atoms with Crippen LogP contribution in [0.15, 0.2) is 17.2 Å². The Hall–Kier alpha value is -2.68. The highest BCUT2D eigenvalue weighted by Gasteiger charge is 2.25. The van der Waals surface area contributed by atoms with Crippen LogP contribution in [0.1, 0.15) is 85.4 Å². The second-order valence-electron chi connectivity index (χ2n) is 9.23. The zero-order valence-electron chi connectivity index (χ0n) is 20.3. The lowest BCUT2D eigenvalue weighted by atomic mass is 9.96. The molecule has 3 rings (SSSR count). The first-order chi connectivity index (χ1) is 16.4. The van der Waals surface area contributed by atoms with Crippen LogP contribution in [0.4, 0.5) is 0 Å². The molecule has 34 heavy (non-hydrogen) atoms. The van der Waals surface area contributed by atoms with Crippen molar-refractivity contribution in [3.8, 4) is 0 Å². The summed E-state index contributed by atoms with van der Waals surface area (Å²) in [6, 6.07) is 0.0182. The van der Waals surface area contributed by atoms with E-state index >= 15 is 0 Å². The predicted molar refractivity (Wildman–Crippen MR) is 127 cm³/mol. The van der Waals surface area contributed by atoms with Crippen LogP contribution in [0.25, 0.3) is 0 Å². The number of ether oxygens (including phenoxy) is 2. The number of esters is 1. The number of hydrogen-bond donors (Lipinski definition) is 1. The summed E-state index contributed by atoms with van der Waals surface area (Å²) in [7, 11) is 1.43. The van der Waals surface area contributed by atoms with Gasteiger partial charge in [0.1, 0.15) is 17.7 Å². The van der Waals surface area contributed by atoms with E-state index in [0.29, 0.717) is 13.2 Å². The third kappa shape index (κ3) is 7.16. The Kier molecular flexibility index (Phi) is 9.68. The average molecular weight is 476 g/mol. The highest BCUT2D eigenvalue weighted by molar-refractivity contribution is 5.99. The van der Waals surface area contributed by atoms with E-state index in [1.807, 2.05) is 0 Å². The first-order valence-corrected chi connectivity index (χ1v) is 12.5. The number of amides is 2. The molecule has 1 aromatic rings. The molecule has 9 heteroatoms. The summed E-state index contributed by atoms with van der Waals surface area (Å²) in [5.41, 5.74) is -0.835. The summed E-state index contributed by atoms with van der Waals surface area (Å²) in [5, 5.41) is 3.03. The van der Waals surface area contributed by atoms with Crippen LogP contribution in [0, 0.1) is 0 Å². The van der Waals surface area contributed by atoms with Gasteiger partial charge in [0.25, 0.3) is 11.8 Å². The van der Waals surface area contributed by atoms with E-state index < -0.39 is 23.2 Å². The fourth-order valence-corrected chi connectivity index (χ4v) is 4.62. The number of carbonyl (C=O) groups excluding carboxylic acids is 3. The van der Waals surface area contributed by atoms with Gasteiger partial charge in [-0.05, 0) is 32.6 Å². The number of nitrogens with one attached hydrogen (secondary N) is 1. The Labute approximate surface area is 200 Å². The van der Waals surface area contributed by atoms with Gasteiger partial charge in [0, 0.05) is 38.6 Å². The topological polar surface area (TPSA) is 107 Å². The van der Waals surface area contributed by atoms with Crippen LogP contribution in [0.3, 0.4) is 0 Å². The van der Waals surface area contributed by atoms with E-state index in [9.17, 15) is 19.2 Å². The Balaban J connectivity index is 1.86. The minimum atomic E-state index is -0.632.